The highest BCUT2D eigenvalue weighted by Gasteiger charge is 2.21. The van der Waals surface area contributed by atoms with Crippen LogP contribution in [0.5, 0.6) is 5.88 Å². The Hall–Kier alpha value is -5.03. The summed E-state index contributed by atoms with van der Waals surface area (Å²) in [5, 5.41) is 31.1. The maximum Gasteiger partial charge on any atom is 0.259 e. The Kier molecular flexibility index (Phi) is 5.19. The quantitative estimate of drug-likeness (QED) is 0.242. The predicted molar refractivity (Wildman–Crippen MR) is 125 cm³/mol. The van der Waals surface area contributed by atoms with E-state index in [1.807, 2.05) is 91.0 Å². The van der Waals surface area contributed by atoms with Gasteiger partial charge >= 0.3 is 0 Å². The summed E-state index contributed by atoms with van der Waals surface area (Å²) < 4.78 is 1.41. The molecule has 2 aromatic heterocycles. The van der Waals surface area contributed by atoms with Crippen molar-refractivity contribution >= 4 is 17.2 Å². The number of aromatic amines is 1. The van der Waals surface area contributed by atoms with Gasteiger partial charge in [0.15, 0.2) is 11.5 Å². The Labute approximate surface area is 189 Å². The maximum atomic E-state index is 11.0. The van der Waals surface area contributed by atoms with Gasteiger partial charge in [-0.15, -0.1) is 10.2 Å². The van der Waals surface area contributed by atoms with Gasteiger partial charge < -0.3 is 5.11 Å². The summed E-state index contributed by atoms with van der Waals surface area (Å²) in [5.74, 6) is 0.0469. The zero-order valence-electron chi connectivity index (χ0n) is 17.3. The van der Waals surface area contributed by atoms with Crippen LogP contribution >= 0.6 is 0 Å². The first-order valence-electron chi connectivity index (χ1n) is 10.1. The standard InChI is InChI=1S/C25H17N7O/c1-26-22-20(17-11-5-2-6-12-17)27-29-24(22)30-28-23-21(18-13-7-3-8-14-18)31-32(25(23)33)19-15-9-4-10-16-19/h2-16,33H,(H,27,29)/b30-28+. The summed E-state index contributed by atoms with van der Waals surface area (Å²) >= 11 is 0. The average molecular weight is 431 g/mol. The van der Waals surface area contributed by atoms with Crippen molar-refractivity contribution in [2.75, 3.05) is 0 Å². The smallest absolute Gasteiger partial charge is 0.259 e. The number of benzene rings is 3. The van der Waals surface area contributed by atoms with Gasteiger partial charge in [-0.05, 0) is 17.7 Å². The molecule has 0 atom stereocenters. The van der Waals surface area contributed by atoms with Gasteiger partial charge in [0.25, 0.3) is 5.69 Å². The van der Waals surface area contributed by atoms with Crippen molar-refractivity contribution in [1.29, 1.82) is 0 Å². The molecule has 33 heavy (non-hydrogen) atoms. The van der Waals surface area contributed by atoms with Gasteiger partial charge in [-0.1, -0.05) is 78.9 Å². The second-order valence-electron chi connectivity index (χ2n) is 7.08. The van der Waals surface area contributed by atoms with E-state index in [-0.39, 0.29) is 23.1 Å². The first kappa shape index (κ1) is 19.9. The number of hydrogen-bond donors (Lipinski definition) is 2. The molecule has 0 saturated carbocycles. The zero-order valence-corrected chi connectivity index (χ0v) is 17.3. The SMILES string of the molecule is [C-]#[N+]c1c(-c2ccccc2)n[nH]c1/N=N/c1c(-c2ccccc2)nn(-c2ccccc2)c1O. The van der Waals surface area contributed by atoms with E-state index in [1.54, 1.807) is 0 Å². The van der Waals surface area contributed by atoms with Crippen LogP contribution in [0.4, 0.5) is 17.2 Å². The van der Waals surface area contributed by atoms with E-state index in [2.05, 4.69) is 30.4 Å². The molecule has 0 saturated heterocycles. The Balaban J connectivity index is 1.61. The molecule has 0 aliphatic heterocycles. The van der Waals surface area contributed by atoms with Crippen LogP contribution in [0.2, 0.25) is 0 Å². The number of aromatic nitrogens is 4. The number of hydrogen-bond acceptors (Lipinski definition) is 5. The van der Waals surface area contributed by atoms with Crippen LogP contribution in [-0.2, 0) is 0 Å². The molecule has 0 bridgehead atoms. The minimum atomic E-state index is -0.157. The molecular weight excluding hydrogens is 414 g/mol. The van der Waals surface area contributed by atoms with Gasteiger partial charge in [0.1, 0.15) is 11.4 Å². The number of para-hydroxylation sites is 1. The monoisotopic (exact) mass is 431 g/mol. The lowest BCUT2D eigenvalue weighted by Crippen LogP contribution is -1.95. The highest BCUT2D eigenvalue weighted by Crippen LogP contribution is 2.42. The molecule has 0 aliphatic rings. The second kappa shape index (κ2) is 8.61. The molecule has 0 unspecified atom stereocenters. The molecule has 0 radical (unpaired) electrons. The van der Waals surface area contributed by atoms with E-state index in [9.17, 15) is 5.11 Å². The van der Waals surface area contributed by atoms with Crippen LogP contribution in [0, 0.1) is 6.57 Å². The lowest BCUT2D eigenvalue weighted by atomic mass is 10.1. The Morgan fingerprint density at radius 2 is 1.36 bits per heavy atom. The topological polar surface area (TPSA) is 95.8 Å². The van der Waals surface area contributed by atoms with Crippen molar-refractivity contribution in [3.63, 3.8) is 0 Å². The third-order valence-electron chi connectivity index (χ3n) is 5.02. The zero-order chi connectivity index (χ0) is 22.6. The van der Waals surface area contributed by atoms with E-state index in [0.29, 0.717) is 17.1 Å². The van der Waals surface area contributed by atoms with Crippen molar-refractivity contribution in [3.8, 4) is 34.1 Å². The third kappa shape index (κ3) is 3.75. The average Bonchev–Trinajstić information content (AvgIpc) is 3.44. The molecule has 8 heteroatoms. The third-order valence-corrected chi connectivity index (χ3v) is 5.02. The van der Waals surface area contributed by atoms with Crippen molar-refractivity contribution in [2.24, 2.45) is 10.2 Å². The van der Waals surface area contributed by atoms with Crippen LogP contribution < -0.4 is 0 Å². The van der Waals surface area contributed by atoms with E-state index in [0.717, 1.165) is 11.1 Å². The largest absolute Gasteiger partial charge is 0.492 e. The summed E-state index contributed by atoms with van der Waals surface area (Å²) in [5.41, 5.74) is 3.66. The van der Waals surface area contributed by atoms with Crippen molar-refractivity contribution in [1.82, 2.24) is 20.0 Å². The minimum absolute atomic E-state index is 0.157. The summed E-state index contributed by atoms with van der Waals surface area (Å²) in [6.07, 6.45) is 0. The number of aromatic hydroxyl groups is 1. The molecule has 0 amide bonds. The van der Waals surface area contributed by atoms with Gasteiger partial charge in [0.2, 0.25) is 5.88 Å². The molecule has 5 rings (SSSR count). The predicted octanol–water partition coefficient (Wildman–Crippen LogP) is 6.60. The number of azo groups is 1. The van der Waals surface area contributed by atoms with E-state index in [1.165, 1.54) is 4.68 Å². The molecule has 0 fully saturated rings. The van der Waals surface area contributed by atoms with E-state index in [4.69, 9.17) is 6.57 Å². The van der Waals surface area contributed by atoms with Crippen molar-refractivity contribution < 1.29 is 5.11 Å². The lowest BCUT2D eigenvalue weighted by Gasteiger charge is -2.01. The minimum Gasteiger partial charge on any atom is -0.492 e. The molecule has 0 spiro atoms. The van der Waals surface area contributed by atoms with Gasteiger partial charge in [-0.3, -0.25) is 5.10 Å². The van der Waals surface area contributed by atoms with Gasteiger partial charge in [0, 0.05) is 5.56 Å². The number of nitrogens with one attached hydrogen (secondary N) is 1. The van der Waals surface area contributed by atoms with Crippen LogP contribution in [-0.4, -0.2) is 25.1 Å². The van der Waals surface area contributed by atoms with Crippen molar-refractivity contribution in [3.05, 3.63) is 102 Å². The number of H-pyrrole nitrogens is 1. The Bertz CT molecular complexity index is 1460. The van der Waals surface area contributed by atoms with Gasteiger partial charge in [-0.2, -0.15) is 14.9 Å². The van der Waals surface area contributed by atoms with Crippen LogP contribution in [0.15, 0.2) is 101 Å². The highest BCUT2D eigenvalue weighted by atomic mass is 16.3. The van der Waals surface area contributed by atoms with Gasteiger partial charge in [-0.25, -0.2) is 4.85 Å². The summed E-state index contributed by atoms with van der Waals surface area (Å²) in [4.78, 5) is 3.59. The maximum absolute atomic E-state index is 11.0. The van der Waals surface area contributed by atoms with E-state index >= 15 is 0 Å². The van der Waals surface area contributed by atoms with Crippen LogP contribution in [0.1, 0.15) is 0 Å². The molecule has 2 N–H and O–H groups in total. The first-order chi connectivity index (χ1) is 16.3. The molecule has 0 aliphatic carbocycles. The van der Waals surface area contributed by atoms with Gasteiger partial charge in [0.05, 0.1) is 12.3 Å². The Morgan fingerprint density at radius 3 is 1.97 bits per heavy atom. The fraction of sp³-hybridized carbons (Fsp3) is 0. The van der Waals surface area contributed by atoms with Crippen LogP contribution in [0.25, 0.3) is 33.0 Å². The van der Waals surface area contributed by atoms with Crippen LogP contribution in [0.3, 0.4) is 0 Å². The second-order valence-corrected chi connectivity index (χ2v) is 7.08. The summed E-state index contributed by atoms with van der Waals surface area (Å²) in [6.45, 7) is 7.61. The molecule has 2 heterocycles. The first-order valence-corrected chi connectivity index (χ1v) is 10.1. The lowest BCUT2D eigenvalue weighted by molar-refractivity contribution is 0.434. The summed E-state index contributed by atoms with van der Waals surface area (Å²) in [7, 11) is 0. The van der Waals surface area contributed by atoms with Crippen molar-refractivity contribution in [2.45, 2.75) is 0 Å². The molecule has 3 aromatic carbocycles. The number of rotatable bonds is 5. The fourth-order valence-corrected chi connectivity index (χ4v) is 3.43. The fourth-order valence-electron chi connectivity index (χ4n) is 3.43. The summed E-state index contributed by atoms with van der Waals surface area (Å²) in [6, 6.07) is 28.1. The Morgan fingerprint density at radius 1 is 0.788 bits per heavy atom. The molecule has 8 nitrogen and oxygen atoms in total. The van der Waals surface area contributed by atoms with E-state index < -0.39 is 0 Å². The normalized spacial score (nSPS) is 11.0. The molecular formula is C25H17N7O. The molecule has 5 aromatic rings. The molecule has 158 valence electrons. The highest BCUT2D eigenvalue weighted by molar-refractivity contribution is 5.82. The number of nitrogens with zero attached hydrogens (tertiary/aromatic N) is 6.